The predicted octanol–water partition coefficient (Wildman–Crippen LogP) is 5.32. The maximum atomic E-state index is 13.4. The highest BCUT2D eigenvalue weighted by Gasteiger charge is 2.53. The highest BCUT2D eigenvalue weighted by molar-refractivity contribution is 6.31. The van der Waals surface area contributed by atoms with Crippen molar-refractivity contribution in [1.82, 2.24) is 5.32 Å². The topological polar surface area (TPSA) is 12.0 Å². The van der Waals surface area contributed by atoms with Crippen molar-refractivity contribution in [2.24, 2.45) is 5.41 Å². The lowest BCUT2D eigenvalue weighted by molar-refractivity contribution is 0.0119. The molecule has 0 atom stereocenters. The van der Waals surface area contributed by atoms with Gasteiger partial charge in [0.25, 0.3) is 0 Å². The van der Waals surface area contributed by atoms with E-state index < -0.39 is 0 Å². The number of nitrogens with one attached hydrogen (secondary N) is 1. The maximum Gasteiger partial charge on any atom is 0.124 e. The van der Waals surface area contributed by atoms with Crippen LogP contribution in [0.2, 0.25) is 5.02 Å². The molecule has 0 aromatic heterocycles. The minimum absolute atomic E-state index is 0.0566. The van der Waals surface area contributed by atoms with Crippen molar-refractivity contribution >= 4 is 11.6 Å². The zero-order valence-electron chi connectivity index (χ0n) is 13.6. The molecule has 0 aliphatic heterocycles. The van der Waals surface area contributed by atoms with Crippen molar-refractivity contribution in [2.75, 3.05) is 6.54 Å². The number of benzene rings is 1. The number of hydrogen-bond donors (Lipinski definition) is 1. The standard InChI is InChI=1S/C18H27ClFN/c1-5-17(6-2)10-18(11-17,12-21-13(3)4)15-8-7-14(20)9-16(15)19/h7-9,13,21H,5-6,10-12H2,1-4H3. The highest BCUT2D eigenvalue weighted by Crippen LogP contribution is 2.60. The molecule has 0 spiro atoms. The Kier molecular flexibility index (Phi) is 4.99. The average molecular weight is 312 g/mol. The van der Waals surface area contributed by atoms with Gasteiger partial charge in [-0.1, -0.05) is 58.2 Å². The second kappa shape index (κ2) is 6.26. The highest BCUT2D eigenvalue weighted by atomic mass is 35.5. The van der Waals surface area contributed by atoms with Crippen LogP contribution in [0.3, 0.4) is 0 Å². The van der Waals surface area contributed by atoms with Crippen LogP contribution in [0.15, 0.2) is 18.2 Å². The van der Waals surface area contributed by atoms with Crippen molar-refractivity contribution in [3.63, 3.8) is 0 Å². The van der Waals surface area contributed by atoms with Crippen LogP contribution in [0, 0.1) is 11.2 Å². The van der Waals surface area contributed by atoms with Gasteiger partial charge in [0, 0.05) is 23.0 Å². The van der Waals surface area contributed by atoms with E-state index in [9.17, 15) is 4.39 Å². The van der Waals surface area contributed by atoms with Crippen molar-refractivity contribution in [2.45, 2.75) is 64.8 Å². The molecule has 0 radical (unpaired) electrons. The molecular formula is C18H27ClFN. The van der Waals surface area contributed by atoms with Gasteiger partial charge in [-0.15, -0.1) is 0 Å². The molecule has 1 aliphatic rings. The Morgan fingerprint density at radius 2 is 1.86 bits per heavy atom. The van der Waals surface area contributed by atoms with E-state index in [1.807, 2.05) is 6.07 Å². The summed E-state index contributed by atoms with van der Waals surface area (Å²) >= 11 is 6.35. The first kappa shape index (κ1) is 16.8. The fraction of sp³-hybridized carbons (Fsp3) is 0.667. The van der Waals surface area contributed by atoms with Crippen molar-refractivity contribution in [1.29, 1.82) is 0 Å². The molecule has 0 heterocycles. The van der Waals surface area contributed by atoms with E-state index in [2.05, 4.69) is 33.0 Å². The molecule has 3 heteroatoms. The quantitative estimate of drug-likeness (QED) is 0.750. The summed E-state index contributed by atoms with van der Waals surface area (Å²) < 4.78 is 13.4. The number of hydrogen-bond acceptors (Lipinski definition) is 1. The van der Waals surface area contributed by atoms with Crippen LogP contribution in [-0.4, -0.2) is 12.6 Å². The van der Waals surface area contributed by atoms with Gasteiger partial charge in [-0.3, -0.25) is 0 Å². The fourth-order valence-corrected chi connectivity index (χ4v) is 4.23. The number of rotatable bonds is 6. The zero-order valence-corrected chi connectivity index (χ0v) is 14.4. The Bertz CT molecular complexity index is 486. The van der Waals surface area contributed by atoms with Crippen LogP contribution in [0.5, 0.6) is 0 Å². The summed E-state index contributed by atoms with van der Waals surface area (Å²) in [5.41, 5.74) is 1.59. The third-order valence-electron chi connectivity index (χ3n) is 5.28. The van der Waals surface area contributed by atoms with Gasteiger partial charge in [0.05, 0.1) is 0 Å². The summed E-state index contributed by atoms with van der Waals surface area (Å²) in [5.74, 6) is -0.257. The third-order valence-corrected chi connectivity index (χ3v) is 5.59. The van der Waals surface area contributed by atoms with Crippen molar-refractivity contribution in [3.05, 3.63) is 34.6 Å². The molecule has 0 saturated heterocycles. The normalized spacial score (nSPS) is 19.6. The fourth-order valence-electron chi connectivity index (χ4n) is 3.86. The van der Waals surface area contributed by atoms with Crippen LogP contribution in [0.25, 0.3) is 0 Å². The maximum absolute atomic E-state index is 13.4. The SMILES string of the molecule is CCC1(CC)CC(CNC(C)C)(c2ccc(F)cc2Cl)C1. The van der Waals surface area contributed by atoms with Crippen LogP contribution in [-0.2, 0) is 5.41 Å². The third kappa shape index (κ3) is 3.27. The van der Waals surface area contributed by atoms with E-state index >= 15 is 0 Å². The monoisotopic (exact) mass is 311 g/mol. The van der Waals surface area contributed by atoms with Gasteiger partial charge >= 0.3 is 0 Å². The van der Waals surface area contributed by atoms with E-state index in [0.29, 0.717) is 16.5 Å². The molecule has 21 heavy (non-hydrogen) atoms. The van der Waals surface area contributed by atoms with E-state index in [1.165, 1.54) is 25.0 Å². The van der Waals surface area contributed by atoms with E-state index in [1.54, 1.807) is 0 Å². The molecule has 1 saturated carbocycles. The molecule has 1 aromatic carbocycles. The Hall–Kier alpha value is -0.600. The minimum atomic E-state index is -0.257. The summed E-state index contributed by atoms with van der Waals surface area (Å²) in [6.45, 7) is 9.78. The van der Waals surface area contributed by atoms with Gasteiger partial charge in [0.1, 0.15) is 5.82 Å². The van der Waals surface area contributed by atoms with Crippen LogP contribution < -0.4 is 5.32 Å². The first-order chi connectivity index (χ1) is 9.86. The summed E-state index contributed by atoms with van der Waals surface area (Å²) in [6, 6.07) is 5.32. The lowest BCUT2D eigenvalue weighted by Gasteiger charge is -2.57. The van der Waals surface area contributed by atoms with Gasteiger partial charge in [-0.25, -0.2) is 4.39 Å². The summed E-state index contributed by atoms with van der Waals surface area (Å²) in [7, 11) is 0. The van der Waals surface area contributed by atoms with Gasteiger partial charge in [-0.2, -0.15) is 0 Å². The lowest BCUT2D eigenvalue weighted by atomic mass is 9.48. The molecule has 118 valence electrons. The molecule has 1 N–H and O–H groups in total. The molecule has 0 unspecified atom stereocenters. The first-order valence-corrected chi connectivity index (χ1v) is 8.43. The molecule has 1 aliphatic carbocycles. The summed E-state index contributed by atoms with van der Waals surface area (Å²) in [6.07, 6.45) is 4.67. The van der Waals surface area contributed by atoms with Gasteiger partial charge in [-0.05, 0) is 36.0 Å². The molecule has 2 rings (SSSR count). The lowest BCUT2D eigenvalue weighted by Crippen LogP contribution is -2.55. The van der Waals surface area contributed by atoms with Crippen LogP contribution in [0.4, 0.5) is 4.39 Å². The molecule has 0 amide bonds. The summed E-state index contributed by atoms with van der Waals surface area (Å²) in [5, 5.41) is 4.13. The van der Waals surface area contributed by atoms with E-state index in [-0.39, 0.29) is 11.2 Å². The summed E-state index contributed by atoms with van der Waals surface area (Å²) in [4.78, 5) is 0. The van der Waals surface area contributed by atoms with Crippen molar-refractivity contribution < 1.29 is 4.39 Å². The molecular weight excluding hydrogens is 285 g/mol. The first-order valence-electron chi connectivity index (χ1n) is 8.05. The van der Waals surface area contributed by atoms with Gasteiger partial charge in [0.15, 0.2) is 0 Å². The Morgan fingerprint density at radius 1 is 1.24 bits per heavy atom. The van der Waals surface area contributed by atoms with Crippen LogP contribution in [0.1, 0.15) is 58.9 Å². The van der Waals surface area contributed by atoms with Crippen LogP contribution >= 0.6 is 11.6 Å². The number of halogens is 2. The zero-order chi connectivity index (χ0) is 15.7. The Labute approximate surface area is 133 Å². The molecule has 0 bridgehead atoms. The predicted molar refractivity (Wildman–Crippen MR) is 88.5 cm³/mol. The smallest absolute Gasteiger partial charge is 0.124 e. The van der Waals surface area contributed by atoms with Crippen molar-refractivity contribution in [3.8, 4) is 0 Å². The van der Waals surface area contributed by atoms with Gasteiger partial charge < -0.3 is 5.32 Å². The Balaban J connectivity index is 2.30. The van der Waals surface area contributed by atoms with Gasteiger partial charge in [0.2, 0.25) is 0 Å². The van der Waals surface area contributed by atoms with E-state index in [0.717, 1.165) is 24.9 Å². The average Bonchev–Trinajstić information content (AvgIpc) is 2.39. The minimum Gasteiger partial charge on any atom is -0.314 e. The second-order valence-electron chi connectivity index (χ2n) is 7.00. The molecule has 1 aromatic rings. The molecule has 1 fully saturated rings. The van der Waals surface area contributed by atoms with E-state index in [4.69, 9.17) is 11.6 Å². The second-order valence-corrected chi connectivity index (χ2v) is 7.41. The largest absolute Gasteiger partial charge is 0.314 e. The molecule has 1 nitrogen and oxygen atoms in total. The Morgan fingerprint density at radius 3 is 2.33 bits per heavy atom.